The van der Waals surface area contributed by atoms with Crippen molar-refractivity contribution in [3.63, 3.8) is 0 Å². The summed E-state index contributed by atoms with van der Waals surface area (Å²) in [5, 5.41) is 14.5. The molecule has 3 N–H and O–H groups in total. The molecule has 3 aromatic carbocycles. The van der Waals surface area contributed by atoms with Crippen molar-refractivity contribution in [2.75, 3.05) is 5.32 Å². The second-order valence-electron chi connectivity index (χ2n) is 8.71. The van der Waals surface area contributed by atoms with Crippen LogP contribution < -0.4 is 11.1 Å². The molecule has 5 aromatic rings. The molecule has 0 saturated carbocycles. The van der Waals surface area contributed by atoms with Crippen molar-refractivity contribution in [1.29, 1.82) is 0 Å². The normalized spacial score (nSPS) is 13.2. The van der Waals surface area contributed by atoms with Gasteiger partial charge in [0.05, 0.1) is 34.9 Å². The van der Waals surface area contributed by atoms with E-state index in [1.165, 1.54) is 30.3 Å². The Hall–Kier alpha value is -5.21. The molecule has 40 heavy (non-hydrogen) atoms. The molecule has 0 aliphatic carbocycles. The third-order valence-electron chi connectivity index (χ3n) is 6.35. The second-order valence-corrected chi connectivity index (χ2v) is 8.71. The quantitative estimate of drug-likeness (QED) is 0.302. The number of rotatable bonds is 4. The molecule has 9 nitrogen and oxygen atoms in total. The number of aromatic nitrogens is 5. The molecule has 0 fully saturated rings. The summed E-state index contributed by atoms with van der Waals surface area (Å²) in [6.45, 7) is 0. The van der Waals surface area contributed by atoms with Gasteiger partial charge in [-0.1, -0.05) is 18.2 Å². The number of nitrogens with zero attached hydrogens (tertiary/aromatic N) is 5. The molecule has 0 radical (unpaired) electrons. The number of nitrogens with one attached hydrogen (secondary N) is 1. The summed E-state index contributed by atoms with van der Waals surface area (Å²) in [5.74, 6) is -2.01. The van der Waals surface area contributed by atoms with Gasteiger partial charge in [0.15, 0.2) is 5.69 Å². The fourth-order valence-corrected chi connectivity index (χ4v) is 4.77. The summed E-state index contributed by atoms with van der Waals surface area (Å²) in [6.07, 6.45) is -7.88. The zero-order valence-electron chi connectivity index (χ0n) is 19.7. The minimum atomic E-state index is -5.21. The summed E-state index contributed by atoms with van der Waals surface area (Å²) in [5.41, 5.74) is 0.0977. The molecule has 3 heterocycles. The molecule has 0 spiro atoms. The van der Waals surface area contributed by atoms with E-state index in [9.17, 15) is 35.9 Å². The van der Waals surface area contributed by atoms with Crippen molar-refractivity contribution in [1.82, 2.24) is 24.8 Å². The number of hydrogen-bond donors (Lipinski definition) is 2. The highest BCUT2D eigenvalue weighted by Crippen LogP contribution is 2.43. The fourth-order valence-electron chi connectivity index (χ4n) is 4.77. The van der Waals surface area contributed by atoms with Crippen LogP contribution in [0.15, 0.2) is 60.9 Å². The minimum absolute atomic E-state index is 0.174. The molecular formula is C25H13F6N7O2. The molecule has 0 atom stereocenters. The van der Waals surface area contributed by atoms with Crippen LogP contribution in [0.3, 0.4) is 0 Å². The van der Waals surface area contributed by atoms with Crippen LogP contribution in [0, 0.1) is 0 Å². The Morgan fingerprint density at radius 1 is 0.900 bits per heavy atom. The van der Waals surface area contributed by atoms with E-state index in [1.54, 1.807) is 0 Å². The zero-order chi connectivity index (χ0) is 28.6. The van der Waals surface area contributed by atoms with Gasteiger partial charge in [0.1, 0.15) is 5.69 Å². The van der Waals surface area contributed by atoms with E-state index in [4.69, 9.17) is 5.73 Å². The van der Waals surface area contributed by atoms with Gasteiger partial charge >= 0.3 is 12.4 Å². The van der Waals surface area contributed by atoms with E-state index in [-0.39, 0.29) is 16.6 Å². The molecule has 15 heteroatoms. The highest BCUT2D eigenvalue weighted by molar-refractivity contribution is 6.25. The lowest BCUT2D eigenvalue weighted by Gasteiger charge is -2.14. The highest BCUT2D eigenvalue weighted by atomic mass is 19.4. The number of hydrogen-bond acceptors (Lipinski definition) is 5. The highest BCUT2D eigenvalue weighted by Gasteiger charge is 2.43. The summed E-state index contributed by atoms with van der Waals surface area (Å²) in [6, 6.07) is 9.57. The van der Waals surface area contributed by atoms with Crippen molar-refractivity contribution in [3.8, 4) is 22.6 Å². The minimum Gasteiger partial charge on any atom is -0.365 e. The largest absolute Gasteiger partial charge is 0.434 e. The molecule has 2 amide bonds. The Morgan fingerprint density at radius 3 is 2.25 bits per heavy atom. The second kappa shape index (κ2) is 8.39. The molecule has 0 saturated heterocycles. The Labute approximate surface area is 218 Å². The van der Waals surface area contributed by atoms with E-state index in [0.29, 0.717) is 26.6 Å². The maximum absolute atomic E-state index is 14.5. The van der Waals surface area contributed by atoms with E-state index < -0.39 is 57.9 Å². The van der Waals surface area contributed by atoms with Crippen LogP contribution >= 0.6 is 0 Å². The number of alkyl halides is 6. The van der Waals surface area contributed by atoms with Crippen LogP contribution in [0.4, 0.5) is 32.0 Å². The first-order chi connectivity index (χ1) is 18.9. The molecule has 6 rings (SSSR count). The molecule has 0 bridgehead atoms. The number of nitrogens with two attached hydrogens (primary N) is 1. The maximum atomic E-state index is 14.5. The van der Waals surface area contributed by atoms with Gasteiger partial charge in [0.25, 0.3) is 11.8 Å². The van der Waals surface area contributed by atoms with Gasteiger partial charge in [-0.05, 0) is 30.3 Å². The molecule has 0 unspecified atom stereocenters. The van der Waals surface area contributed by atoms with Gasteiger partial charge in [-0.3, -0.25) is 9.59 Å². The van der Waals surface area contributed by atoms with Gasteiger partial charge in [-0.2, -0.15) is 46.4 Å². The average Bonchev–Trinajstić information content (AvgIpc) is 3.62. The Balaban J connectivity index is 1.66. The van der Waals surface area contributed by atoms with Gasteiger partial charge in [-0.25, -0.2) is 4.68 Å². The molecule has 2 aromatic heterocycles. The molecular weight excluding hydrogens is 544 g/mol. The van der Waals surface area contributed by atoms with Gasteiger partial charge in [-0.15, -0.1) is 0 Å². The summed E-state index contributed by atoms with van der Waals surface area (Å²) >= 11 is 0. The Bertz CT molecular complexity index is 1860. The van der Waals surface area contributed by atoms with Crippen molar-refractivity contribution >= 4 is 28.3 Å². The topological polar surface area (TPSA) is 121 Å². The van der Waals surface area contributed by atoms with Crippen LogP contribution in [-0.4, -0.2) is 36.6 Å². The summed E-state index contributed by atoms with van der Waals surface area (Å²) in [4.78, 5) is 25.4. The zero-order valence-corrected chi connectivity index (χ0v) is 19.7. The standard InChI is InChI=1S/C25H13F6N7O2/c26-24(27,28)14-10-11(4-6-17(14)38-33-8-9-34-38)20-19(22(32)39)21(25(29,30)31)37(36-20)16-7-5-15-18-12(16)2-1-3-13(18)23(40)35-15/h1-10H,(H2,32,39)(H,35,40). The number of amides is 2. The van der Waals surface area contributed by atoms with Crippen LogP contribution in [-0.2, 0) is 12.4 Å². The number of carbonyl (C=O) groups excluding carboxylic acids is 2. The Morgan fingerprint density at radius 2 is 1.60 bits per heavy atom. The van der Waals surface area contributed by atoms with Crippen LogP contribution in [0.25, 0.3) is 33.4 Å². The first-order valence-corrected chi connectivity index (χ1v) is 11.3. The van der Waals surface area contributed by atoms with Crippen molar-refractivity contribution in [3.05, 3.63) is 83.3 Å². The SMILES string of the molecule is NC(=O)c1c(-c2ccc(-n3nccn3)c(C(F)(F)F)c2)nn(-c2ccc3c4c(cccc24)C(=O)N3)c1C(F)(F)F. The van der Waals surface area contributed by atoms with Crippen molar-refractivity contribution < 1.29 is 35.9 Å². The predicted octanol–water partition coefficient (Wildman–Crippen LogP) is 4.98. The number of anilines is 1. The lowest BCUT2D eigenvalue weighted by molar-refractivity contribution is -0.143. The van der Waals surface area contributed by atoms with Crippen LogP contribution in [0.1, 0.15) is 32.0 Å². The molecule has 1 aliphatic heterocycles. The van der Waals surface area contributed by atoms with Crippen molar-refractivity contribution in [2.45, 2.75) is 12.4 Å². The smallest absolute Gasteiger partial charge is 0.365 e. The first-order valence-electron chi connectivity index (χ1n) is 11.3. The maximum Gasteiger partial charge on any atom is 0.434 e. The van der Waals surface area contributed by atoms with Crippen molar-refractivity contribution in [2.24, 2.45) is 5.73 Å². The number of halogens is 6. The van der Waals surface area contributed by atoms with Gasteiger partial charge in [0, 0.05) is 27.6 Å². The monoisotopic (exact) mass is 557 g/mol. The van der Waals surface area contributed by atoms with E-state index in [2.05, 4.69) is 20.6 Å². The third-order valence-corrected chi connectivity index (χ3v) is 6.35. The van der Waals surface area contributed by atoms with Crippen LogP contribution in [0.2, 0.25) is 0 Å². The fraction of sp³-hybridized carbons (Fsp3) is 0.0800. The van der Waals surface area contributed by atoms with E-state index in [0.717, 1.165) is 24.5 Å². The first kappa shape index (κ1) is 25.1. The van der Waals surface area contributed by atoms with Crippen LogP contribution in [0.5, 0.6) is 0 Å². The lowest BCUT2D eigenvalue weighted by atomic mass is 10.0. The number of carbonyl (C=O) groups is 2. The molecule has 202 valence electrons. The number of primary amides is 1. The Kier molecular flexibility index (Phi) is 5.26. The number of benzene rings is 3. The van der Waals surface area contributed by atoms with Gasteiger partial charge in [0.2, 0.25) is 0 Å². The van der Waals surface area contributed by atoms with E-state index in [1.807, 2.05) is 0 Å². The predicted molar refractivity (Wildman–Crippen MR) is 128 cm³/mol. The van der Waals surface area contributed by atoms with E-state index >= 15 is 0 Å². The third kappa shape index (κ3) is 3.77. The summed E-state index contributed by atoms with van der Waals surface area (Å²) in [7, 11) is 0. The summed E-state index contributed by atoms with van der Waals surface area (Å²) < 4.78 is 86.0. The average molecular weight is 557 g/mol. The van der Waals surface area contributed by atoms with Gasteiger partial charge < -0.3 is 11.1 Å². The molecule has 1 aliphatic rings. The lowest BCUT2D eigenvalue weighted by Crippen LogP contribution is -2.21.